The maximum Gasteiger partial charge on any atom is 0.285 e. The highest BCUT2D eigenvalue weighted by atomic mass is 32.2. The average Bonchev–Trinajstić information content (AvgIpc) is 3.61. The predicted octanol–water partition coefficient (Wildman–Crippen LogP) is 6.44. The molecule has 1 N–H and O–H groups in total. The molecule has 2 aromatic heterocycles. The Labute approximate surface area is 229 Å². The Kier molecular flexibility index (Phi) is 6.85. The third-order valence-electron chi connectivity index (χ3n) is 5.82. The number of hydrogen-bond donors (Lipinski definition) is 1. The van der Waals surface area contributed by atoms with Crippen molar-refractivity contribution < 1.29 is 9.59 Å². The van der Waals surface area contributed by atoms with Crippen molar-refractivity contribution in [2.45, 2.75) is 26.2 Å². The molecule has 0 saturated carbocycles. The van der Waals surface area contributed by atoms with Crippen LogP contribution in [0.1, 0.15) is 42.3 Å². The van der Waals surface area contributed by atoms with E-state index < -0.39 is 5.91 Å². The zero-order valence-corrected chi connectivity index (χ0v) is 22.9. The zero-order valence-electron chi connectivity index (χ0n) is 20.5. The number of amides is 2. The van der Waals surface area contributed by atoms with Crippen molar-refractivity contribution in [3.63, 3.8) is 0 Å². The highest BCUT2D eigenvalue weighted by Crippen LogP contribution is 2.35. The van der Waals surface area contributed by atoms with Gasteiger partial charge in [-0.2, -0.15) is 10.1 Å². The molecule has 4 aromatic rings. The van der Waals surface area contributed by atoms with E-state index in [2.05, 4.69) is 26.2 Å². The first-order valence-corrected chi connectivity index (χ1v) is 13.7. The maximum absolute atomic E-state index is 13.3. The van der Waals surface area contributed by atoms with Gasteiger partial charge in [-0.25, -0.2) is 4.68 Å². The minimum Gasteiger partial charge on any atom is -0.267 e. The first-order valence-electron chi connectivity index (χ1n) is 11.6. The van der Waals surface area contributed by atoms with E-state index in [9.17, 15) is 9.59 Å². The number of hydrogen-bond acceptors (Lipinski definition) is 6. The zero-order chi connectivity index (χ0) is 26.2. The topological polar surface area (TPSA) is 67.2 Å². The van der Waals surface area contributed by atoms with Crippen LogP contribution < -0.4 is 5.43 Å². The molecule has 1 fully saturated rings. The van der Waals surface area contributed by atoms with Gasteiger partial charge in [-0.15, -0.1) is 11.3 Å². The van der Waals surface area contributed by atoms with E-state index in [0.29, 0.717) is 10.5 Å². The minimum atomic E-state index is -0.394. The van der Waals surface area contributed by atoms with Crippen LogP contribution in [0.3, 0.4) is 0 Å². The number of hydrazine groups is 1. The molecular formula is C28H24N4O2S3. The SMILES string of the molecule is CC(C)(C)c1ccc(C(=O)NN2C(=O)C(=Cc3cn(-c4ccccc4)nc3-c3cccs3)SC2=S)cc1. The predicted molar refractivity (Wildman–Crippen MR) is 154 cm³/mol. The molecule has 2 amide bonds. The fourth-order valence-corrected chi connectivity index (χ4v) is 5.71. The molecule has 2 aromatic carbocycles. The van der Waals surface area contributed by atoms with Gasteiger partial charge in [0.25, 0.3) is 11.8 Å². The molecule has 186 valence electrons. The van der Waals surface area contributed by atoms with Gasteiger partial charge in [-0.05, 0) is 65.0 Å². The third-order valence-corrected chi connectivity index (χ3v) is 8.00. The molecule has 1 saturated heterocycles. The lowest BCUT2D eigenvalue weighted by Gasteiger charge is -2.19. The molecular weight excluding hydrogens is 521 g/mol. The molecule has 6 nitrogen and oxygen atoms in total. The quantitative estimate of drug-likeness (QED) is 0.231. The molecule has 3 heterocycles. The average molecular weight is 545 g/mol. The van der Waals surface area contributed by atoms with Crippen LogP contribution >= 0.6 is 35.3 Å². The fourth-order valence-electron chi connectivity index (χ4n) is 3.80. The Morgan fingerprint density at radius 2 is 1.76 bits per heavy atom. The lowest BCUT2D eigenvalue weighted by molar-refractivity contribution is -0.123. The van der Waals surface area contributed by atoms with E-state index in [1.807, 2.05) is 66.2 Å². The summed E-state index contributed by atoms with van der Waals surface area (Å²) in [6, 6.07) is 21.1. The van der Waals surface area contributed by atoms with Crippen LogP contribution in [0.15, 0.2) is 83.2 Å². The molecule has 1 aliphatic rings. The van der Waals surface area contributed by atoms with Crippen molar-refractivity contribution in [1.29, 1.82) is 0 Å². The molecule has 0 atom stereocenters. The second-order valence-electron chi connectivity index (χ2n) is 9.48. The molecule has 0 radical (unpaired) electrons. The number of thioether (sulfide) groups is 1. The van der Waals surface area contributed by atoms with Gasteiger partial charge in [0.15, 0.2) is 4.32 Å². The number of thiophene rings is 1. The number of thiocarbonyl (C=S) groups is 1. The van der Waals surface area contributed by atoms with Crippen LogP contribution in [0, 0.1) is 0 Å². The largest absolute Gasteiger partial charge is 0.285 e. The summed E-state index contributed by atoms with van der Waals surface area (Å²) in [5, 5.41) is 7.91. The van der Waals surface area contributed by atoms with Crippen molar-refractivity contribution in [2.75, 3.05) is 0 Å². The van der Waals surface area contributed by atoms with Gasteiger partial charge in [-0.3, -0.25) is 15.0 Å². The summed E-state index contributed by atoms with van der Waals surface area (Å²) in [6.07, 6.45) is 3.68. The first kappa shape index (κ1) is 25.1. The Bertz CT molecular complexity index is 1500. The standard InChI is InChI=1S/C28H24N4O2S3/c1-28(2,3)20-13-11-18(12-14-20)25(33)30-32-26(34)23(37-27(32)35)16-19-17-31(21-8-5-4-6-9-21)29-24(19)22-10-7-15-36-22/h4-17H,1-3H3,(H,30,33). The summed E-state index contributed by atoms with van der Waals surface area (Å²) in [5.74, 6) is -0.770. The molecule has 0 bridgehead atoms. The van der Waals surface area contributed by atoms with Gasteiger partial charge in [0, 0.05) is 17.3 Å². The first-order chi connectivity index (χ1) is 17.7. The summed E-state index contributed by atoms with van der Waals surface area (Å²) in [4.78, 5) is 27.5. The van der Waals surface area contributed by atoms with Crippen molar-refractivity contribution in [3.05, 3.63) is 99.9 Å². The van der Waals surface area contributed by atoms with E-state index in [-0.39, 0.29) is 15.6 Å². The second kappa shape index (κ2) is 10.1. The molecule has 0 spiro atoms. The summed E-state index contributed by atoms with van der Waals surface area (Å²) in [5.41, 5.74) is 6.69. The lowest BCUT2D eigenvalue weighted by Crippen LogP contribution is -2.44. The highest BCUT2D eigenvalue weighted by molar-refractivity contribution is 8.26. The molecule has 1 aliphatic heterocycles. The summed E-state index contributed by atoms with van der Waals surface area (Å²) >= 11 is 8.16. The third kappa shape index (κ3) is 5.29. The number of benzene rings is 2. The number of carbonyl (C=O) groups excluding carboxylic acids is 2. The number of carbonyl (C=O) groups is 2. The van der Waals surface area contributed by atoms with Gasteiger partial charge >= 0.3 is 0 Å². The van der Waals surface area contributed by atoms with E-state index >= 15 is 0 Å². The van der Waals surface area contributed by atoms with Gasteiger partial charge < -0.3 is 0 Å². The fraction of sp³-hybridized carbons (Fsp3) is 0.143. The molecule has 5 rings (SSSR count). The Balaban J connectivity index is 1.40. The van der Waals surface area contributed by atoms with Crippen molar-refractivity contribution >= 4 is 57.5 Å². The molecule has 0 aliphatic carbocycles. The Morgan fingerprint density at radius 1 is 1.03 bits per heavy atom. The van der Waals surface area contributed by atoms with E-state index in [1.54, 1.807) is 34.2 Å². The van der Waals surface area contributed by atoms with Crippen molar-refractivity contribution in [1.82, 2.24) is 20.2 Å². The van der Waals surface area contributed by atoms with Crippen LogP contribution in [-0.2, 0) is 10.2 Å². The maximum atomic E-state index is 13.3. The Hall–Kier alpha value is -3.53. The minimum absolute atomic E-state index is 0.0197. The normalized spacial score (nSPS) is 15.0. The highest BCUT2D eigenvalue weighted by Gasteiger charge is 2.34. The molecule has 37 heavy (non-hydrogen) atoms. The number of nitrogens with one attached hydrogen (secondary N) is 1. The summed E-state index contributed by atoms with van der Waals surface area (Å²) in [6.45, 7) is 6.34. The number of para-hydroxylation sites is 1. The van der Waals surface area contributed by atoms with Crippen LogP contribution in [0.5, 0.6) is 0 Å². The van der Waals surface area contributed by atoms with Crippen molar-refractivity contribution in [3.8, 4) is 16.3 Å². The van der Waals surface area contributed by atoms with Crippen LogP contribution in [0.2, 0.25) is 0 Å². The number of aromatic nitrogens is 2. The smallest absolute Gasteiger partial charge is 0.267 e. The van der Waals surface area contributed by atoms with Crippen LogP contribution in [0.4, 0.5) is 0 Å². The van der Waals surface area contributed by atoms with Gasteiger partial charge in [0.05, 0.1) is 15.5 Å². The summed E-state index contributed by atoms with van der Waals surface area (Å²) < 4.78 is 2.06. The number of nitrogens with zero attached hydrogens (tertiary/aromatic N) is 3. The van der Waals surface area contributed by atoms with E-state index in [0.717, 1.165) is 44.2 Å². The van der Waals surface area contributed by atoms with Crippen LogP contribution in [0.25, 0.3) is 22.3 Å². The van der Waals surface area contributed by atoms with Crippen molar-refractivity contribution in [2.24, 2.45) is 0 Å². The van der Waals surface area contributed by atoms with Gasteiger partial charge in [0.2, 0.25) is 0 Å². The summed E-state index contributed by atoms with van der Waals surface area (Å²) in [7, 11) is 0. The van der Waals surface area contributed by atoms with Gasteiger partial charge in [0.1, 0.15) is 5.69 Å². The molecule has 9 heteroatoms. The lowest BCUT2D eigenvalue weighted by atomic mass is 9.87. The van der Waals surface area contributed by atoms with Gasteiger partial charge in [-0.1, -0.05) is 68.9 Å². The van der Waals surface area contributed by atoms with Crippen LogP contribution in [-0.4, -0.2) is 30.9 Å². The van der Waals surface area contributed by atoms with E-state index in [4.69, 9.17) is 17.3 Å². The molecule has 0 unspecified atom stereocenters. The monoisotopic (exact) mass is 544 g/mol. The Morgan fingerprint density at radius 3 is 2.41 bits per heavy atom. The second-order valence-corrected chi connectivity index (χ2v) is 12.1. The number of rotatable bonds is 5. The van der Waals surface area contributed by atoms with E-state index in [1.165, 1.54) is 0 Å².